The summed E-state index contributed by atoms with van der Waals surface area (Å²) in [6.07, 6.45) is 4.40. The van der Waals surface area contributed by atoms with Crippen LogP contribution in [0.3, 0.4) is 0 Å². The van der Waals surface area contributed by atoms with Crippen molar-refractivity contribution >= 4 is 15.9 Å². The number of benzene rings is 2. The molecule has 1 aliphatic carbocycles. The normalized spacial score (nSPS) is 21.5. The van der Waals surface area contributed by atoms with Gasteiger partial charge in [-0.05, 0) is 54.5 Å². The molecule has 0 fully saturated rings. The van der Waals surface area contributed by atoms with Gasteiger partial charge in [0.2, 0.25) is 0 Å². The number of hydrogen-bond donors (Lipinski definition) is 1. The van der Waals surface area contributed by atoms with E-state index in [4.69, 9.17) is 0 Å². The molecule has 1 nitrogen and oxygen atoms in total. The zero-order valence-electron chi connectivity index (χ0n) is 11.5. The third-order valence-corrected chi connectivity index (χ3v) is 4.76. The molecule has 0 saturated carbocycles. The monoisotopic (exact) mass is 330 g/mol. The molecule has 0 spiro atoms. The molecule has 2 aromatic rings. The maximum Gasteiger partial charge on any atom is 0.0694 e. The van der Waals surface area contributed by atoms with Crippen LogP contribution in [0.2, 0.25) is 0 Å². The average Bonchev–Trinajstić information content (AvgIpc) is 2.47. The molecule has 0 heterocycles. The van der Waals surface area contributed by atoms with Crippen LogP contribution in [0, 0.1) is 0 Å². The Morgan fingerprint density at radius 1 is 1.05 bits per heavy atom. The summed E-state index contributed by atoms with van der Waals surface area (Å²) in [5, 5.41) is 10.8. The van der Waals surface area contributed by atoms with Gasteiger partial charge in [-0.25, -0.2) is 0 Å². The second-order valence-corrected chi connectivity index (χ2v) is 6.72. The van der Waals surface area contributed by atoms with Crippen molar-refractivity contribution in [3.8, 4) is 0 Å². The van der Waals surface area contributed by atoms with E-state index in [2.05, 4.69) is 58.4 Å². The van der Waals surface area contributed by atoms with E-state index in [-0.39, 0.29) is 0 Å². The summed E-state index contributed by atoms with van der Waals surface area (Å²) in [4.78, 5) is 0. The summed E-state index contributed by atoms with van der Waals surface area (Å²) in [6, 6.07) is 16.8. The molecule has 0 amide bonds. The van der Waals surface area contributed by atoms with E-state index >= 15 is 0 Å². The summed E-state index contributed by atoms with van der Waals surface area (Å²) >= 11 is 3.52. The molecule has 1 unspecified atom stereocenters. The second kappa shape index (κ2) is 5.71. The lowest BCUT2D eigenvalue weighted by molar-refractivity contribution is 0.0182. The van der Waals surface area contributed by atoms with E-state index in [0.29, 0.717) is 0 Å². The van der Waals surface area contributed by atoms with Crippen LogP contribution in [0.1, 0.15) is 29.5 Å². The smallest absolute Gasteiger partial charge is 0.0694 e. The predicted molar refractivity (Wildman–Crippen MR) is 85.9 cm³/mol. The lowest BCUT2D eigenvalue weighted by atomic mass is 9.77. The zero-order valence-corrected chi connectivity index (χ0v) is 13.1. The Morgan fingerprint density at radius 3 is 2.65 bits per heavy atom. The quantitative estimate of drug-likeness (QED) is 0.889. The molecule has 0 radical (unpaired) electrons. The number of fused-ring (bicyclic) bond motifs is 1. The summed E-state index contributed by atoms with van der Waals surface area (Å²) < 4.78 is 1.13. The third-order valence-electron chi connectivity index (χ3n) is 4.27. The van der Waals surface area contributed by atoms with Gasteiger partial charge >= 0.3 is 0 Å². The fraction of sp³-hybridized carbons (Fsp3) is 0.333. The van der Waals surface area contributed by atoms with Gasteiger partial charge in [0.15, 0.2) is 0 Å². The van der Waals surface area contributed by atoms with Crippen molar-refractivity contribution in [2.24, 2.45) is 0 Å². The van der Waals surface area contributed by atoms with Crippen LogP contribution in [-0.2, 0) is 19.3 Å². The Morgan fingerprint density at radius 2 is 1.85 bits per heavy atom. The zero-order chi connectivity index (χ0) is 14.0. The van der Waals surface area contributed by atoms with Gasteiger partial charge in [0, 0.05) is 10.9 Å². The van der Waals surface area contributed by atoms with Crippen molar-refractivity contribution in [3.05, 3.63) is 69.7 Å². The van der Waals surface area contributed by atoms with Crippen LogP contribution >= 0.6 is 15.9 Å². The molecule has 2 heteroatoms. The minimum Gasteiger partial charge on any atom is -0.390 e. The van der Waals surface area contributed by atoms with E-state index in [1.54, 1.807) is 0 Å². The van der Waals surface area contributed by atoms with Crippen LogP contribution < -0.4 is 0 Å². The van der Waals surface area contributed by atoms with Gasteiger partial charge in [0.1, 0.15) is 0 Å². The standard InChI is InChI=1S/C18H19BrO/c19-17-7-6-16-13-18(20,11-9-15(16)12-17)10-8-14-4-2-1-3-5-14/h1-7,12,20H,8-11,13H2. The molecule has 1 atom stereocenters. The fourth-order valence-electron chi connectivity index (χ4n) is 3.05. The van der Waals surface area contributed by atoms with Gasteiger partial charge < -0.3 is 5.11 Å². The third kappa shape index (κ3) is 3.13. The number of rotatable bonds is 3. The van der Waals surface area contributed by atoms with Crippen molar-refractivity contribution in [1.82, 2.24) is 0 Å². The van der Waals surface area contributed by atoms with Crippen LogP contribution in [0.4, 0.5) is 0 Å². The van der Waals surface area contributed by atoms with Gasteiger partial charge in [-0.15, -0.1) is 0 Å². The Kier molecular flexibility index (Phi) is 3.95. The molecule has 104 valence electrons. The maximum atomic E-state index is 10.8. The average molecular weight is 331 g/mol. The van der Waals surface area contributed by atoms with Gasteiger partial charge in [-0.1, -0.05) is 52.3 Å². The number of hydrogen-bond acceptors (Lipinski definition) is 1. The Labute approximate surface area is 128 Å². The first kappa shape index (κ1) is 13.8. The summed E-state index contributed by atoms with van der Waals surface area (Å²) in [5.41, 5.74) is 3.44. The number of aryl methyl sites for hydroxylation is 2. The van der Waals surface area contributed by atoms with Gasteiger partial charge in [0.25, 0.3) is 0 Å². The molecule has 3 rings (SSSR count). The van der Waals surface area contributed by atoms with Gasteiger partial charge in [-0.3, -0.25) is 0 Å². The van der Waals surface area contributed by atoms with E-state index in [9.17, 15) is 5.11 Å². The second-order valence-electron chi connectivity index (χ2n) is 5.80. The highest BCUT2D eigenvalue weighted by Crippen LogP contribution is 2.33. The SMILES string of the molecule is OC1(CCc2ccccc2)CCc2cc(Br)ccc2C1. The van der Waals surface area contributed by atoms with Crippen molar-refractivity contribution in [3.63, 3.8) is 0 Å². The minimum atomic E-state index is -0.545. The van der Waals surface area contributed by atoms with E-state index < -0.39 is 5.60 Å². The number of halogens is 1. The Balaban J connectivity index is 1.70. The van der Waals surface area contributed by atoms with Gasteiger partial charge in [-0.2, -0.15) is 0 Å². The first-order chi connectivity index (χ1) is 9.65. The molecule has 20 heavy (non-hydrogen) atoms. The first-order valence-electron chi connectivity index (χ1n) is 7.18. The predicted octanol–water partition coefficient (Wildman–Crippen LogP) is 4.30. The molecule has 1 N–H and O–H groups in total. The summed E-state index contributed by atoms with van der Waals surface area (Å²) in [5.74, 6) is 0. The highest BCUT2D eigenvalue weighted by Gasteiger charge is 2.31. The molecule has 2 aromatic carbocycles. The Bertz CT molecular complexity index is 594. The lowest BCUT2D eigenvalue weighted by Gasteiger charge is -2.34. The summed E-state index contributed by atoms with van der Waals surface area (Å²) in [7, 11) is 0. The topological polar surface area (TPSA) is 20.2 Å². The molecule has 1 aliphatic rings. The molecular weight excluding hydrogens is 312 g/mol. The van der Waals surface area contributed by atoms with E-state index in [1.165, 1.54) is 16.7 Å². The molecule has 0 saturated heterocycles. The highest BCUT2D eigenvalue weighted by molar-refractivity contribution is 9.10. The maximum absolute atomic E-state index is 10.8. The van der Waals surface area contributed by atoms with Crippen LogP contribution in [0.25, 0.3) is 0 Å². The minimum absolute atomic E-state index is 0.545. The fourth-order valence-corrected chi connectivity index (χ4v) is 3.45. The van der Waals surface area contributed by atoms with Crippen LogP contribution in [-0.4, -0.2) is 10.7 Å². The van der Waals surface area contributed by atoms with Crippen molar-refractivity contribution < 1.29 is 5.11 Å². The largest absolute Gasteiger partial charge is 0.390 e. The Hall–Kier alpha value is -1.12. The molecule has 0 aromatic heterocycles. The van der Waals surface area contributed by atoms with Crippen molar-refractivity contribution in [1.29, 1.82) is 0 Å². The van der Waals surface area contributed by atoms with Crippen LogP contribution in [0.15, 0.2) is 53.0 Å². The van der Waals surface area contributed by atoms with E-state index in [1.807, 2.05) is 6.07 Å². The van der Waals surface area contributed by atoms with Crippen molar-refractivity contribution in [2.75, 3.05) is 0 Å². The van der Waals surface area contributed by atoms with Crippen LogP contribution in [0.5, 0.6) is 0 Å². The highest BCUT2D eigenvalue weighted by atomic mass is 79.9. The van der Waals surface area contributed by atoms with Gasteiger partial charge in [0.05, 0.1) is 5.60 Å². The molecular formula is C18H19BrO. The van der Waals surface area contributed by atoms with E-state index in [0.717, 1.165) is 36.6 Å². The van der Waals surface area contributed by atoms with Crippen molar-refractivity contribution in [2.45, 2.75) is 37.7 Å². The first-order valence-corrected chi connectivity index (χ1v) is 7.98. The number of aliphatic hydroxyl groups is 1. The summed E-state index contributed by atoms with van der Waals surface area (Å²) in [6.45, 7) is 0. The lowest BCUT2D eigenvalue weighted by Crippen LogP contribution is -2.36. The molecule has 0 aliphatic heterocycles. The molecule has 0 bridgehead atoms.